The number of anilines is 1. The molecule has 0 spiro atoms. The molecule has 29 heavy (non-hydrogen) atoms. The zero-order valence-electron chi connectivity index (χ0n) is 17.0. The van der Waals surface area contributed by atoms with Crippen molar-refractivity contribution in [3.63, 3.8) is 0 Å². The molecule has 2 aromatic rings. The first-order valence-corrected chi connectivity index (χ1v) is 10.0. The lowest BCUT2D eigenvalue weighted by Gasteiger charge is -2.38. The number of fused-ring (bicyclic) bond motifs is 1. The molecule has 2 amide bonds. The maximum absolute atomic E-state index is 12.5. The van der Waals surface area contributed by atoms with Crippen LogP contribution in [0.4, 0.5) is 10.5 Å². The Morgan fingerprint density at radius 1 is 1.03 bits per heavy atom. The summed E-state index contributed by atoms with van der Waals surface area (Å²) in [6, 6.07) is 13.7. The van der Waals surface area contributed by atoms with Crippen molar-refractivity contribution in [3.05, 3.63) is 53.6 Å². The fraction of sp³-hybridized carbons (Fsp3) is 0.409. The van der Waals surface area contributed by atoms with Crippen LogP contribution in [0.1, 0.15) is 17.2 Å². The molecule has 2 aromatic carbocycles. The summed E-state index contributed by atoms with van der Waals surface area (Å²) in [5.74, 6) is 1.54. The van der Waals surface area contributed by atoms with E-state index in [1.165, 1.54) is 0 Å². The van der Waals surface area contributed by atoms with Crippen LogP contribution in [0.25, 0.3) is 0 Å². The molecule has 0 saturated carbocycles. The van der Waals surface area contributed by atoms with Crippen molar-refractivity contribution in [1.82, 2.24) is 15.1 Å². The van der Waals surface area contributed by atoms with Gasteiger partial charge in [0.05, 0.1) is 6.04 Å². The number of nitrogens with one attached hydrogen (secondary N) is 2. The molecule has 0 radical (unpaired) electrons. The van der Waals surface area contributed by atoms with Crippen molar-refractivity contribution in [2.24, 2.45) is 0 Å². The maximum atomic E-state index is 12.5. The molecule has 2 aliphatic rings. The summed E-state index contributed by atoms with van der Waals surface area (Å²) < 4.78 is 11.0. The van der Waals surface area contributed by atoms with Gasteiger partial charge in [-0.2, -0.15) is 0 Å². The van der Waals surface area contributed by atoms with Crippen molar-refractivity contribution >= 4 is 11.7 Å². The van der Waals surface area contributed by atoms with Crippen LogP contribution in [0.15, 0.2) is 42.5 Å². The highest BCUT2D eigenvalue weighted by atomic mass is 16.7. The second-order valence-electron chi connectivity index (χ2n) is 7.67. The molecular weight excluding hydrogens is 368 g/mol. The molecule has 7 heteroatoms. The third-order valence-corrected chi connectivity index (χ3v) is 5.53. The molecule has 0 aliphatic carbocycles. The van der Waals surface area contributed by atoms with Gasteiger partial charge in [-0.15, -0.1) is 0 Å². The summed E-state index contributed by atoms with van der Waals surface area (Å²) in [5.41, 5.74) is 3.07. The number of likely N-dealkylation sites (N-methyl/N-ethyl adjacent to an activating group) is 1. The van der Waals surface area contributed by atoms with Gasteiger partial charge in [0.25, 0.3) is 0 Å². The third-order valence-electron chi connectivity index (χ3n) is 5.53. The quantitative estimate of drug-likeness (QED) is 0.814. The van der Waals surface area contributed by atoms with Crippen LogP contribution in [-0.4, -0.2) is 62.4 Å². The number of hydrogen-bond acceptors (Lipinski definition) is 5. The van der Waals surface area contributed by atoms with Crippen LogP contribution in [0.2, 0.25) is 0 Å². The highest BCUT2D eigenvalue weighted by molar-refractivity contribution is 5.89. The van der Waals surface area contributed by atoms with Gasteiger partial charge in [-0.3, -0.25) is 4.90 Å². The van der Waals surface area contributed by atoms with E-state index in [2.05, 4.69) is 33.5 Å². The smallest absolute Gasteiger partial charge is 0.319 e. The van der Waals surface area contributed by atoms with Gasteiger partial charge in [0, 0.05) is 38.4 Å². The summed E-state index contributed by atoms with van der Waals surface area (Å²) in [6.07, 6.45) is 0. The average molecular weight is 396 g/mol. The van der Waals surface area contributed by atoms with E-state index in [-0.39, 0.29) is 18.9 Å². The van der Waals surface area contributed by atoms with Crippen molar-refractivity contribution in [3.8, 4) is 11.5 Å². The Morgan fingerprint density at radius 3 is 2.52 bits per heavy atom. The first kappa shape index (κ1) is 19.5. The van der Waals surface area contributed by atoms with Crippen molar-refractivity contribution in [2.75, 3.05) is 51.9 Å². The molecule has 2 aliphatic heterocycles. The zero-order valence-corrected chi connectivity index (χ0v) is 17.0. The van der Waals surface area contributed by atoms with E-state index in [1.807, 2.05) is 43.3 Å². The van der Waals surface area contributed by atoms with Gasteiger partial charge in [0.15, 0.2) is 11.5 Å². The molecule has 1 saturated heterocycles. The fourth-order valence-corrected chi connectivity index (χ4v) is 3.71. The Bertz CT molecular complexity index is 848. The van der Waals surface area contributed by atoms with Crippen LogP contribution in [0, 0.1) is 6.92 Å². The number of hydrogen-bond donors (Lipinski definition) is 2. The van der Waals surface area contributed by atoms with Gasteiger partial charge in [-0.1, -0.05) is 23.8 Å². The molecular formula is C22H28N4O3. The number of rotatable bonds is 5. The van der Waals surface area contributed by atoms with Gasteiger partial charge < -0.3 is 25.0 Å². The normalized spacial score (nSPS) is 17.7. The summed E-state index contributed by atoms with van der Waals surface area (Å²) in [6.45, 7) is 6.73. The Kier molecular flexibility index (Phi) is 5.87. The standard InChI is InChI=1S/C22H28N4O3/c1-16-3-6-18(7-4-16)24-22(27)23-14-19(26-11-9-25(2)10-12-26)17-5-8-20-21(13-17)29-15-28-20/h3-8,13,19H,9-12,14-15H2,1-2H3,(H2,23,24,27)/t19-/m0/s1. The molecule has 1 fully saturated rings. The van der Waals surface area contributed by atoms with Crippen molar-refractivity contribution < 1.29 is 14.3 Å². The van der Waals surface area contributed by atoms with Crippen molar-refractivity contribution in [2.45, 2.75) is 13.0 Å². The highest BCUT2D eigenvalue weighted by Gasteiger charge is 2.26. The Hall–Kier alpha value is -2.77. The number of urea groups is 1. The number of carbonyl (C=O) groups is 1. The minimum Gasteiger partial charge on any atom is -0.454 e. The predicted molar refractivity (Wildman–Crippen MR) is 113 cm³/mol. The van der Waals surface area contributed by atoms with Gasteiger partial charge in [-0.05, 0) is 43.8 Å². The van der Waals surface area contributed by atoms with Gasteiger partial charge >= 0.3 is 6.03 Å². The molecule has 2 N–H and O–H groups in total. The molecule has 154 valence electrons. The lowest BCUT2D eigenvalue weighted by molar-refractivity contribution is 0.111. The number of piperazine rings is 1. The number of ether oxygens (including phenoxy) is 2. The number of nitrogens with zero attached hydrogens (tertiary/aromatic N) is 2. The minimum absolute atomic E-state index is 0.0713. The SMILES string of the molecule is Cc1ccc(NC(=O)NC[C@@H](c2ccc3c(c2)OCO3)N2CCN(C)CC2)cc1. The van der Waals surface area contributed by atoms with E-state index in [0.717, 1.165) is 54.5 Å². The molecule has 0 bridgehead atoms. The average Bonchev–Trinajstić information content (AvgIpc) is 3.19. The number of carbonyl (C=O) groups excluding carboxylic acids is 1. The van der Waals surface area contributed by atoms with E-state index in [4.69, 9.17) is 9.47 Å². The lowest BCUT2D eigenvalue weighted by Crippen LogP contribution is -2.48. The highest BCUT2D eigenvalue weighted by Crippen LogP contribution is 2.35. The van der Waals surface area contributed by atoms with E-state index < -0.39 is 0 Å². The first-order chi connectivity index (χ1) is 14.1. The number of benzene rings is 2. The van der Waals surface area contributed by atoms with Gasteiger partial charge in [0.2, 0.25) is 6.79 Å². The van der Waals surface area contributed by atoms with Crippen LogP contribution >= 0.6 is 0 Å². The Labute approximate surface area is 171 Å². The molecule has 0 unspecified atom stereocenters. The maximum Gasteiger partial charge on any atom is 0.319 e. The molecule has 0 aromatic heterocycles. The fourth-order valence-electron chi connectivity index (χ4n) is 3.71. The topological polar surface area (TPSA) is 66.1 Å². The van der Waals surface area contributed by atoms with Gasteiger partial charge in [-0.25, -0.2) is 4.79 Å². The second kappa shape index (κ2) is 8.71. The summed E-state index contributed by atoms with van der Waals surface area (Å²) in [4.78, 5) is 17.2. The van der Waals surface area contributed by atoms with E-state index in [9.17, 15) is 4.79 Å². The third kappa shape index (κ3) is 4.81. The minimum atomic E-state index is -0.200. The van der Waals surface area contributed by atoms with E-state index in [1.54, 1.807) is 0 Å². The first-order valence-electron chi connectivity index (χ1n) is 10.0. The molecule has 1 atom stereocenters. The van der Waals surface area contributed by atoms with Gasteiger partial charge in [0.1, 0.15) is 0 Å². The zero-order chi connectivity index (χ0) is 20.2. The molecule has 2 heterocycles. The van der Waals surface area contributed by atoms with Crippen LogP contribution < -0.4 is 20.1 Å². The van der Waals surface area contributed by atoms with Crippen LogP contribution in [0.3, 0.4) is 0 Å². The Morgan fingerprint density at radius 2 is 1.76 bits per heavy atom. The van der Waals surface area contributed by atoms with Crippen LogP contribution in [-0.2, 0) is 0 Å². The van der Waals surface area contributed by atoms with E-state index >= 15 is 0 Å². The molecule has 4 rings (SSSR count). The predicted octanol–water partition coefficient (Wildman–Crippen LogP) is 2.83. The largest absolute Gasteiger partial charge is 0.454 e. The van der Waals surface area contributed by atoms with Crippen LogP contribution in [0.5, 0.6) is 11.5 Å². The van der Waals surface area contributed by atoms with Crippen molar-refractivity contribution in [1.29, 1.82) is 0 Å². The number of aryl methyl sites for hydroxylation is 1. The lowest BCUT2D eigenvalue weighted by atomic mass is 10.0. The summed E-state index contributed by atoms with van der Waals surface area (Å²) in [5, 5.41) is 5.95. The number of amides is 2. The second-order valence-corrected chi connectivity index (χ2v) is 7.67. The summed E-state index contributed by atoms with van der Waals surface area (Å²) in [7, 11) is 2.14. The monoisotopic (exact) mass is 396 g/mol. The van der Waals surface area contributed by atoms with E-state index in [0.29, 0.717) is 6.54 Å². The Balaban J connectivity index is 1.45. The molecule has 7 nitrogen and oxygen atoms in total. The summed E-state index contributed by atoms with van der Waals surface area (Å²) >= 11 is 0.